The fraction of sp³-hybridized carbons (Fsp3) is 0.588. The standard InChI is InChI=1S/C17H21F3O4/c1-11(2)14-9-13(10-15(21)22-3)23-16(24-14,17(18,19)20)12-7-5-4-6-8-12/h4-8,11,13-14H,9-10H2,1-3H3/t13?,14?,16-/m0/s1. The second kappa shape index (κ2) is 7.11. The Kier molecular flexibility index (Phi) is 5.55. The zero-order valence-corrected chi connectivity index (χ0v) is 13.8. The largest absolute Gasteiger partial charge is 0.469 e. The minimum atomic E-state index is -4.80. The van der Waals surface area contributed by atoms with E-state index >= 15 is 0 Å². The van der Waals surface area contributed by atoms with Gasteiger partial charge in [0.1, 0.15) is 0 Å². The Morgan fingerprint density at radius 1 is 1.29 bits per heavy atom. The van der Waals surface area contributed by atoms with E-state index in [2.05, 4.69) is 4.74 Å². The smallest absolute Gasteiger partial charge is 0.448 e. The van der Waals surface area contributed by atoms with Gasteiger partial charge in [0.05, 0.1) is 25.7 Å². The number of carbonyl (C=O) groups excluding carboxylic acids is 1. The van der Waals surface area contributed by atoms with Gasteiger partial charge in [-0.2, -0.15) is 13.2 Å². The first-order valence-corrected chi connectivity index (χ1v) is 7.74. The molecule has 1 aromatic rings. The highest BCUT2D eigenvalue weighted by molar-refractivity contribution is 5.69. The van der Waals surface area contributed by atoms with Crippen molar-refractivity contribution < 1.29 is 32.2 Å². The van der Waals surface area contributed by atoms with Crippen molar-refractivity contribution in [1.29, 1.82) is 0 Å². The zero-order valence-electron chi connectivity index (χ0n) is 13.8. The van der Waals surface area contributed by atoms with Gasteiger partial charge in [0.25, 0.3) is 5.79 Å². The molecule has 0 N–H and O–H groups in total. The number of carbonyl (C=O) groups is 1. The summed E-state index contributed by atoms with van der Waals surface area (Å²) in [5.41, 5.74) is -0.141. The third kappa shape index (κ3) is 3.72. The molecule has 2 rings (SSSR count). The van der Waals surface area contributed by atoms with Crippen molar-refractivity contribution in [1.82, 2.24) is 0 Å². The van der Waals surface area contributed by atoms with Gasteiger partial charge in [-0.25, -0.2) is 0 Å². The SMILES string of the molecule is COC(=O)CC1CC(C(C)C)O[C@@](c2ccccc2)(C(F)(F)F)O1. The Labute approximate surface area is 138 Å². The van der Waals surface area contributed by atoms with Gasteiger partial charge in [-0.1, -0.05) is 44.2 Å². The Morgan fingerprint density at radius 3 is 2.42 bits per heavy atom. The quantitative estimate of drug-likeness (QED) is 0.778. The van der Waals surface area contributed by atoms with Crippen LogP contribution in [0, 0.1) is 5.92 Å². The number of rotatable bonds is 4. The fourth-order valence-corrected chi connectivity index (χ4v) is 2.72. The predicted octanol–water partition coefficient (Wildman–Crippen LogP) is 3.79. The third-order valence-corrected chi connectivity index (χ3v) is 4.04. The van der Waals surface area contributed by atoms with E-state index < -0.39 is 30.1 Å². The first-order chi connectivity index (χ1) is 11.2. The van der Waals surface area contributed by atoms with Gasteiger partial charge in [0.2, 0.25) is 0 Å². The summed E-state index contributed by atoms with van der Waals surface area (Å²) in [6.07, 6.45) is -6.50. The summed E-state index contributed by atoms with van der Waals surface area (Å²) >= 11 is 0. The molecule has 0 bridgehead atoms. The van der Waals surface area contributed by atoms with Gasteiger partial charge in [-0.15, -0.1) is 0 Å². The molecular formula is C17H21F3O4. The lowest BCUT2D eigenvalue weighted by molar-refractivity contribution is -0.437. The van der Waals surface area contributed by atoms with Crippen molar-refractivity contribution >= 4 is 5.97 Å². The summed E-state index contributed by atoms with van der Waals surface area (Å²) in [7, 11) is 1.19. The van der Waals surface area contributed by atoms with E-state index in [1.54, 1.807) is 19.9 Å². The number of esters is 1. The topological polar surface area (TPSA) is 44.8 Å². The summed E-state index contributed by atoms with van der Waals surface area (Å²) in [4.78, 5) is 11.5. The molecule has 1 aliphatic rings. The second-order valence-electron chi connectivity index (χ2n) is 6.14. The molecule has 1 saturated heterocycles. The number of methoxy groups -OCH3 is 1. The Bertz CT molecular complexity index is 559. The summed E-state index contributed by atoms with van der Waals surface area (Å²) in [5, 5.41) is 0. The summed E-state index contributed by atoms with van der Waals surface area (Å²) < 4.78 is 57.2. The highest BCUT2D eigenvalue weighted by Crippen LogP contribution is 2.49. The van der Waals surface area contributed by atoms with Crippen LogP contribution in [0.1, 0.15) is 32.3 Å². The van der Waals surface area contributed by atoms with E-state index in [4.69, 9.17) is 9.47 Å². The molecule has 7 heteroatoms. The van der Waals surface area contributed by atoms with Gasteiger partial charge in [0.15, 0.2) is 0 Å². The summed E-state index contributed by atoms with van der Waals surface area (Å²) in [5.74, 6) is -3.67. The molecule has 4 nitrogen and oxygen atoms in total. The molecule has 0 saturated carbocycles. The average molecular weight is 346 g/mol. The van der Waals surface area contributed by atoms with E-state index in [0.717, 1.165) is 0 Å². The number of halogens is 3. The lowest BCUT2D eigenvalue weighted by Gasteiger charge is -2.46. The summed E-state index contributed by atoms with van der Waals surface area (Å²) in [6.45, 7) is 3.55. The second-order valence-corrected chi connectivity index (χ2v) is 6.14. The molecule has 0 amide bonds. The molecule has 1 fully saturated rings. The highest BCUT2D eigenvalue weighted by Gasteiger charge is 2.63. The van der Waals surface area contributed by atoms with Crippen molar-refractivity contribution in [2.24, 2.45) is 5.92 Å². The predicted molar refractivity (Wildman–Crippen MR) is 80.0 cm³/mol. The molecule has 24 heavy (non-hydrogen) atoms. The van der Waals surface area contributed by atoms with Crippen molar-refractivity contribution in [2.75, 3.05) is 7.11 Å². The van der Waals surface area contributed by atoms with Crippen LogP contribution < -0.4 is 0 Å². The zero-order chi connectivity index (χ0) is 18.0. The van der Waals surface area contributed by atoms with E-state index in [1.165, 1.54) is 31.4 Å². The van der Waals surface area contributed by atoms with Crippen molar-refractivity contribution in [3.8, 4) is 0 Å². The molecule has 2 unspecified atom stereocenters. The van der Waals surface area contributed by atoms with E-state index in [-0.39, 0.29) is 24.3 Å². The minimum Gasteiger partial charge on any atom is -0.469 e. The van der Waals surface area contributed by atoms with Crippen LogP contribution in [0.2, 0.25) is 0 Å². The van der Waals surface area contributed by atoms with Crippen LogP contribution in [0.4, 0.5) is 13.2 Å². The molecule has 0 spiro atoms. The molecule has 3 atom stereocenters. The third-order valence-electron chi connectivity index (χ3n) is 4.04. The Balaban J connectivity index is 2.45. The molecule has 0 radical (unpaired) electrons. The number of hydrogen-bond acceptors (Lipinski definition) is 4. The number of benzene rings is 1. The normalized spacial score (nSPS) is 28.0. The maximum Gasteiger partial charge on any atom is 0.448 e. The van der Waals surface area contributed by atoms with E-state index in [1.807, 2.05) is 0 Å². The van der Waals surface area contributed by atoms with Crippen LogP contribution in [-0.4, -0.2) is 31.5 Å². The van der Waals surface area contributed by atoms with Crippen molar-refractivity contribution in [3.63, 3.8) is 0 Å². The van der Waals surface area contributed by atoms with Gasteiger partial charge >= 0.3 is 12.1 Å². The Morgan fingerprint density at radius 2 is 1.92 bits per heavy atom. The summed E-state index contributed by atoms with van der Waals surface area (Å²) in [6, 6.07) is 7.22. The fourth-order valence-electron chi connectivity index (χ4n) is 2.72. The number of ether oxygens (including phenoxy) is 3. The van der Waals surface area contributed by atoms with Crippen LogP contribution in [0.3, 0.4) is 0 Å². The number of alkyl halides is 3. The van der Waals surface area contributed by atoms with Crippen LogP contribution in [0.25, 0.3) is 0 Å². The molecular weight excluding hydrogens is 325 g/mol. The van der Waals surface area contributed by atoms with Gasteiger partial charge in [0, 0.05) is 12.0 Å². The first-order valence-electron chi connectivity index (χ1n) is 7.74. The van der Waals surface area contributed by atoms with Crippen molar-refractivity contribution in [3.05, 3.63) is 35.9 Å². The average Bonchev–Trinajstić information content (AvgIpc) is 2.54. The Hall–Kier alpha value is -1.60. The molecule has 1 aliphatic heterocycles. The molecule has 0 aliphatic carbocycles. The van der Waals surface area contributed by atoms with Gasteiger partial charge in [-0.05, 0) is 5.92 Å². The molecule has 1 aromatic carbocycles. The van der Waals surface area contributed by atoms with E-state index in [9.17, 15) is 18.0 Å². The first kappa shape index (κ1) is 18.7. The molecule has 0 aromatic heterocycles. The number of hydrogen-bond donors (Lipinski definition) is 0. The lowest BCUT2D eigenvalue weighted by atomic mass is 9.94. The minimum absolute atomic E-state index is 0.141. The van der Waals surface area contributed by atoms with Crippen LogP contribution in [-0.2, 0) is 24.8 Å². The molecule has 1 heterocycles. The van der Waals surface area contributed by atoms with Gasteiger partial charge in [-0.3, -0.25) is 4.79 Å². The van der Waals surface area contributed by atoms with Crippen molar-refractivity contribution in [2.45, 2.75) is 50.9 Å². The highest BCUT2D eigenvalue weighted by atomic mass is 19.4. The molecule has 134 valence electrons. The maximum atomic E-state index is 13.9. The monoisotopic (exact) mass is 346 g/mol. The van der Waals surface area contributed by atoms with Crippen LogP contribution >= 0.6 is 0 Å². The lowest BCUT2D eigenvalue weighted by Crippen LogP contribution is -2.56. The van der Waals surface area contributed by atoms with Crippen LogP contribution in [0.5, 0.6) is 0 Å². The maximum absolute atomic E-state index is 13.9. The van der Waals surface area contributed by atoms with Crippen LogP contribution in [0.15, 0.2) is 30.3 Å². The van der Waals surface area contributed by atoms with Gasteiger partial charge < -0.3 is 14.2 Å². The van der Waals surface area contributed by atoms with E-state index in [0.29, 0.717) is 0 Å².